The van der Waals surface area contributed by atoms with Crippen molar-refractivity contribution in [3.05, 3.63) is 64.7 Å². The van der Waals surface area contributed by atoms with Crippen LogP contribution in [0.2, 0.25) is 5.02 Å². The van der Waals surface area contributed by atoms with Gasteiger partial charge in [0.2, 0.25) is 0 Å². The lowest BCUT2D eigenvalue weighted by atomic mass is 10.1. The van der Waals surface area contributed by atoms with Crippen molar-refractivity contribution in [2.75, 3.05) is 5.32 Å². The first-order chi connectivity index (χ1) is 9.06. The van der Waals surface area contributed by atoms with Crippen LogP contribution in [-0.4, -0.2) is 11.7 Å². The number of benzene rings is 2. The normalized spacial score (nSPS) is 10.0. The van der Waals surface area contributed by atoms with Gasteiger partial charge in [0.25, 0.3) is 11.7 Å². The van der Waals surface area contributed by atoms with Gasteiger partial charge in [-0.2, -0.15) is 0 Å². The molecule has 1 N–H and O–H groups in total. The van der Waals surface area contributed by atoms with Crippen LogP contribution < -0.4 is 5.32 Å². The quantitative estimate of drug-likeness (QED) is 0.687. The van der Waals surface area contributed by atoms with Crippen LogP contribution in [0.25, 0.3) is 0 Å². The van der Waals surface area contributed by atoms with Gasteiger partial charge < -0.3 is 5.32 Å². The van der Waals surface area contributed by atoms with Crippen LogP contribution in [0.4, 0.5) is 5.69 Å². The summed E-state index contributed by atoms with van der Waals surface area (Å²) in [4.78, 5) is 23.7. The van der Waals surface area contributed by atoms with E-state index >= 15 is 0 Å². The summed E-state index contributed by atoms with van der Waals surface area (Å²) >= 11 is 5.81. The number of nitrogens with one attached hydrogen (secondary N) is 1. The molecular formula is C15H12ClNO2. The predicted molar refractivity (Wildman–Crippen MR) is 75.6 cm³/mol. The van der Waals surface area contributed by atoms with Crippen molar-refractivity contribution in [2.24, 2.45) is 0 Å². The van der Waals surface area contributed by atoms with E-state index in [9.17, 15) is 9.59 Å². The molecule has 0 aromatic heterocycles. The average molecular weight is 274 g/mol. The summed E-state index contributed by atoms with van der Waals surface area (Å²) in [6, 6.07) is 13.5. The van der Waals surface area contributed by atoms with Gasteiger partial charge in [0, 0.05) is 16.3 Å². The van der Waals surface area contributed by atoms with E-state index in [1.807, 2.05) is 6.92 Å². The van der Waals surface area contributed by atoms with E-state index in [-0.39, 0.29) is 0 Å². The molecule has 19 heavy (non-hydrogen) atoms. The van der Waals surface area contributed by atoms with Crippen LogP contribution in [0.5, 0.6) is 0 Å². The van der Waals surface area contributed by atoms with Crippen molar-refractivity contribution >= 4 is 29.0 Å². The summed E-state index contributed by atoms with van der Waals surface area (Å²) in [5, 5.41) is 3.02. The topological polar surface area (TPSA) is 46.2 Å². The highest BCUT2D eigenvalue weighted by atomic mass is 35.5. The van der Waals surface area contributed by atoms with Gasteiger partial charge in [0.05, 0.1) is 0 Å². The number of Topliss-reactive ketones (excluding diaryl/α,β-unsaturated/α-hetero) is 1. The summed E-state index contributed by atoms with van der Waals surface area (Å²) in [6.07, 6.45) is 0. The standard InChI is InChI=1S/C15H12ClNO2/c1-10-5-7-11(8-6-10)14(18)15(19)17-13-4-2-3-12(16)9-13/h2-9H,1H3,(H,17,19). The van der Waals surface area contributed by atoms with Crippen molar-refractivity contribution in [2.45, 2.75) is 6.92 Å². The maximum Gasteiger partial charge on any atom is 0.296 e. The number of aryl methyl sites for hydroxylation is 1. The maximum atomic E-state index is 11.9. The van der Waals surface area contributed by atoms with Gasteiger partial charge >= 0.3 is 0 Å². The fourth-order valence-corrected chi connectivity index (χ4v) is 1.78. The van der Waals surface area contributed by atoms with Crippen LogP contribution in [0, 0.1) is 6.92 Å². The predicted octanol–water partition coefficient (Wildman–Crippen LogP) is 3.47. The average Bonchev–Trinajstić information content (AvgIpc) is 2.39. The molecule has 0 bridgehead atoms. The fraction of sp³-hybridized carbons (Fsp3) is 0.0667. The molecule has 2 aromatic carbocycles. The van der Waals surface area contributed by atoms with E-state index in [0.717, 1.165) is 5.56 Å². The first-order valence-corrected chi connectivity index (χ1v) is 6.12. The Morgan fingerprint density at radius 3 is 2.37 bits per heavy atom. The van der Waals surface area contributed by atoms with Crippen molar-refractivity contribution < 1.29 is 9.59 Å². The number of amides is 1. The molecule has 0 saturated heterocycles. The van der Waals surface area contributed by atoms with Crippen molar-refractivity contribution in [3.63, 3.8) is 0 Å². The molecule has 0 spiro atoms. The lowest BCUT2D eigenvalue weighted by Gasteiger charge is -2.05. The van der Waals surface area contributed by atoms with Crippen LogP contribution in [0.3, 0.4) is 0 Å². The fourth-order valence-electron chi connectivity index (χ4n) is 1.59. The molecule has 0 saturated carbocycles. The molecule has 0 atom stereocenters. The molecule has 0 radical (unpaired) electrons. The Balaban J connectivity index is 2.12. The van der Waals surface area contributed by atoms with Gasteiger partial charge in [-0.15, -0.1) is 0 Å². The summed E-state index contributed by atoms with van der Waals surface area (Å²) in [7, 11) is 0. The van der Waals surface area contributed by atoms with E-state index in [4.69, 9.17) is 11.6 Å². The molecule has 0 fully saturated rings. The van der Waals surface area contributed by atoms with E-state index in [0.29, 0.717) is 16.3 Å². The van der Waals surface area contributed by atoms with E-state index in [1.54, 1.807) is 48.5 Å². The maximum absolute atomic E-state index is 11.9. The molecule has 4 heteroatoms. The molecule has 96 valence electrons. The minimum absolute atomic E-state index is 0.366. The van der Waals surface area contributed by atoms with Crippen LogP contribution in [-0.2, 0) is 4.79 Å². The highest BCUT2D eigenvalue weighted by Crippen LogP contribution is 2.15. The second-order valence-electron chi connectivity index (χ2n) is 4.16. The summed E-state index contributed by atoms with van der Waals surface area (Å²) in [6.45, 7) is 1.92. The molecular weight excluding hydrogens is 262 g/mol. The lowest BCUT2D eigenvalue weighted by molar-refractivity contribution is -0.112. The van der Waals surface area contributed by atoms with Gasteiger partial charge in [-0.05, 0) is 25.1 Å². The van der Waals surface area contributed by atoms with Crippen LogP contribution in [0.1, 0.15) is 15.9 Å². The Labute approximate surface area is 116 Å². The molecule has 0 aliphatic carbocycles. The Hall–Kier alpha value is -2.13. The van der Waals surface area contributed by atoms with E-state index in [2.05, 4.69) is 5.32 Å². The minimum Gasteiger partial charge on any atom is -0.319 e. The highest BCUT2D eigenvalue weighted by Gasteiger charge is 2.16. The second kappa shape index (κ2) is 5.67. The third-order valence-corrected chi connectivity index (χ3v) is 2.84. The Bertz CT molecular complexity index is 620. The molecule has 0 unspecified atom stereocenters. The summed E-state index contributed by atoms with van der Waals surface area (Å²) < 4.78 is 0. The molecule has 1 amide bonds. The zero-order valence-electron chi connectivity index (χ0n) is 10.3. The number of halogens is 1. The third kappa shape index (κ3) is 3.42. The molecule has 2 rings (SSSR count). The number of ketones is 1. The number of carbonyl (C=O) groups excluding carboxylic acids is 2. The van der Waals surface area contributed by atoms with E-state index < -0.39 is 11.7 Å². The minimum atomic E-state index is -0.675. The largest absolute Gasteiger partial charge is 0.319 e. The van der Waals surface area contributed by atoms with Gasteiger partial charge in [-0.3, -0.25) is 9.59 Å². The molecule has 0 heterocycles. The zero-order valence-corrected chi connectivity index (χ0v) is 11.1. The number of hydrogen-bond donors (Lipinski definition) is 1. The van der Waals surface area contributed by atoms with Gasteiger partial charge in [-0.25, -0.2) is 0 Å². The van der Waals surface area contributed by atoms with Gasteiger partial charge in [0.15, 0.2) is 0 Å². The molecule has 3 nitrogen and oxygen atoms in total. The van der Waals surface area contributed by atoms with Crippen molar-refractivity contribution in [3.8, 4) is 0 Å². The number of hydrogen-bond acceptors (Lipinski definition) is 2. The molecule has 0 aliphatic heterocycles. The summed E-state index contributed by atoms with van der Waals surface area (Å²) in [5.74, 6) is -1.24. The number of carbonyl (C=O) groups is 2. The van der Waals surface area contributed by atoms with Crippen molar-refractivity contribution in [1.82, 2.24) is 0 Å². The third-order valence-electron chi connectivity index (χ3n) is 2.60. The second-order valence-corrected chi connectivity index (χ2v) is 4.60. The number of anilines is 1. The summed E-state index contributed by atoms with van der Waals surface area (Å²) in [5.41, 5.74) is 1.90. The first kappa shape index (κ1) is 13.3. The number of rotatable bonds is 3. The monoisotopic (exact) mass is 273 g/mol. The highest BCUT2D eigenvalue weighted by molar-refractivity contribution is 6.46. The Kier molecular flexibility index (Phi) is 3.97. The smallest absolute Gasteiger partial charge is 0.296 e. The SMILES string of the molecule is Cc1ccc(C(=O)C(=O)Nc2cccc(Cl)c2)cc1. The Morgan fingerprint density at radius 1 is 1.05 bits per heavy atom. The molecule has 0 aliphatic rings. The first-order valence-electron chi connectivity index (χ1n) is 5.74. The van der Waals surface area contributed by atoms with Gasteiger partial charge in [0.1, 0.15) is 0 Å². The lowest BCUT2D eigenvalue weighted by Crippen LogP contribution is -2.22. The van der Waals surface area contributed by atoms with Crippen molar-refractivity contribution in [1.29, 1.82) is 0 Å². The van der Waals surface area contributed by atoms with E-state index in [1.165, 1.54) is 0 Å². The van der Waals surface area contributed by atoms with Gasteiger partial charge in [-0.1, -0.05) is 47.5 Å². The Morgan fingerprint density at radius 2 is 1.74 bits per heavy atom. The van der Waals surface area contributed by atoms with Crippen LogP contribution >= 0.6 is 11.6 Å². The molecule has 2 aromatic rings. The zero-order chi connectivity index (χ0) is 13.8. The van der Waals surface area contributed by atoms with Crippen LogP contribution in [0.15, 0.2) is 48.5 Å².